The lowest BCUT2D eigenvalue weighted by Crippen LogP contribution is -2.27. The minimum absolute atomic E-state index is 0.0268. The molecule has 2 unspecified atom stereocenters. The third-order valence-corrected chi connectivity index (χ3v) is 3.27. The summed E-state index contributed by atoms with van der Waals surface area (Å²) in [7, 11) is 0. The van der Waals surface area contributed by atoms with E-state index >= 15 is 0 Å². The van der Waals surface area contributed by atoms with E-state index in [2.05, 4.69) is 22.4 Å². The van der Waals surface area contributed by atoms with Crippen molar-refractivity contribution in [2.45, 2.75) is 58.1 Å². The van der Waals surface area contributed by atoms with Gasteiger partial charge in [0.15, 0.2) is 0 Å². The van der Waals surface area contributed by atoms with E-state index in [1.54, 1.807) is 0 Å². The fraction of sp³-hybridized carbons (Fsp3) is 0.846. The van der Waals surface area contributed by atoms with Gasteiger partial charge in [-0.1, -0.05) is 24.9 Å². The van der Waals surface area contributed by atoms with Gasteiger partial charge in [0.2, 0.25) is 11.7 Å². The average molecular weight is 253 g/mol. The first kappa shape index (κ1) is 13.5. The lowest BCUT2D eigenvalue weighted by atomic mass is 10.1. The molecule has 0 aromatic carbocycles. The number of ether oxygens (including phenoxy) is 1. The quantitative estimate of drug-likeness (QED) is 0.844. The van der Waals surface area contributed by atoms with Crippen LogP contribution in [0.4, 0.5) is 0 Å². The molecular weight excluding hydrogens is 230 g/mol. The van der Waals surface area contributed by atoms with Gasteiger partial charge in [0.1, 0.15) is 6.10 Å². The third kappa shape index (κ3) is 3.29. The Hall–Kier alpha value is -0.940. The molecule has 0 aliphatic carbocycles. The third-order valence-electron chi connectivity index (χ3n) is 3.27. The molecule has 18 heavy (non-hydrogen) atoms. The predicted octanol–water partition coefficient (Wildman–Crippen LogP) is 2.76. The van der Waals surface area contributed by atoms with Crippen LogP contribution in [-0.4, -0.2) is 23.3 Å². The van der Waals surface area contributed by atoms with E-state index in [-0.39, 0.29) is 12.1 Å². The van der Waals surface area contributed by atoms with Gasteiger partial charge in [0.05, 0.1) is 6.04 Å². The maximum atomic E-state index is 5.66. The summed E-state index contributed by atoms with van der Waals surface area (Å²) in [6.45, 7) is 5.84. The zero-order chi connectivity index (χ0) is 12.8. The Balaban J connectivity index is 2.02. The van der Waals surface area contributed by atoms with Gasteiger partial charge < -0.3 is 14.6 Å². The van der Waals surface area contributed by atoms with Crippen molar-refractivity contribution in [3.8, 4) is 0 Å². The number of nitrogens with zero attached hydrogens (tertiary/aromatic N) is 2. The molecule has 0 radical (unpaired) electrons. The van der Waals surface area contributed by atoms with Crippen LogP contribution in [0, 0.1) is 0 Å². The molecule has 2 rings (SSSR count). The van der Waals surface area contributed by atoms with E-state index in [4.69, 9.17) is 9.26 Å². The fourth-order valence-corrected chi connectivity index (χ4v) is 2.33. The van der Waals surface area contributed by atoms with Crippen molar-refractivity contribution in [2.24, 2.45) is 0 Å². The van der Waals surface area contributed by atoms with Gasteiger partial charge in [-0.05, 0) is 32.7 Å². The van der Waals surface area contributed by atoms with Crippen LogP contribution in [0.5, 0.6) is 0 Å². The molecule has 0 amide bonds. The van der Waals surface area contributed by atoms with Crippen LogP contribution < -0.4 is 5.32 Å². The first-order chi connectivity index (χ1) is 8.85. The summed E-state index contributed by atoms with van der Waals surface area (Å²) in [4.78, 5) is 4.51. The zero-order valence-electron chi connectivity index (χ0n) is 11.3. The van der Waals surface area contributed by atoms with Gasteiger partial charge in [0.25, 0.3) is 0 Å². The highest BCUT2D eigenvalue weighted by Gasteiger charge is 2.24. The highest BCUT2D eigenvalue weighted by Crippen LogP contribution is 2.25. The van der Waals surface area contributed by atoms with Crippen LogP contribution in [-0.2, 0) is 4.74 Å². The second-order valence-electron chi connectivity index (χ2n) is 4.73. The number of piperidine rings is 1. The molecule has 5 nitrogen and oxygen atoms in total. The first-order valence-corrected chi connectivity index (χ1v) is 7.03. The van der Waals surface area contributed by atoms with E-state index in [0.29, 0.717) is 18.3 Å². The van der Waals surface area contributed by atoms with E-state index in [1.165, 1.54) is 12.8 Å². The number of aromatic nitrogens is 2. The highest BCUT2D eigenvalue weighted by molar-refractivity contribution is 4.97. The van der Waals surface area contributed by atoms with Crippen molar-refractivity contribution in [3.63, 3.8) is 0 Å². The van der Waals surface area contributed by atoms with Crippen LogP contribution >= 0.6 is 0 Å². The Morgan fingerprint density at radius 1 is 1.44 bits per heavy atom. The zero-order valence-corrected chi connectivity index (χ0v) is 11.3. The minimum atomic E-state index is -0.0268. The van der Waals surface area contributed by atoms with Crippen molar-refractivity contribution in [1.82, 2.24) is 15.5 Å². The standard InChI is InChI=1S/C13H23N3O2/c1-3-7-11(17-4-2)12-15-13(18-16-12)10-8-5-6-9-14-10/h10-11,14H,3-9H2,1-2H3. The van der Waals surface area contributed by atoms with Crippen LogP contribution in [0.2, 0.25) is 0 Å². The molecule has 102 valence electrons. The van der Waals surface area contributed by atoms with E-state index < -0.39 is 0 Å². The molecule has 5 heteroatoms. The smallest absolute Gasteiger partial charge is 0.243 e. The van der Waals surface area contributed by atoms with E-state index in [9.17, 15) is 0 Å². The molecule has 0 saturated carbocycles. The van der Waals surface area contributed by atoms with E-state index in [1.807, 2.05) is 6.92 Å². The van der Waals surface area contributed by atoms with Gasteiger partial charge in [-0.15, -0.1) is 0 Å². The molecule has 1 fully saturated rings. The molecule has 2 heterocycles. The minimum Gasteiger partial charge on any atom is -0.370 e. The molecule has 0 spiro atoms. The summed E-state index contributed by atoms with van der Waals surface area (Å²) in [6, 6.07) is 0.226. The second-order valence-corrected chi connectivity index (χ2v) is 4.73. The molecule has 1 saturated heterocycles. The molecule has 1 aromatic heterocycles. The number of hydrogen-bond donors (Lipinski definition) is 1. The van der Waals surface area contributed by atoms with Crippen molar-refractivity contribution in [1.29, 1.82) is 0 Å². The van der Waals surface area contributed by atoms with Crippen LogP contribution in [0.15, 0.2) is 4.52 Å². The summed E-state index contributed by atoms with van der Waals surface area (Å²) in [5.74, 6) is 1.41. The summed E-state index contributed by atoms with van der Waals surface area (Å²) >= 11 is 0. The molecular formula is C13H23N3O2. The first-order valence-electron chi connectivity index (χ1n) is 7.03. The normalized spacial score (nSPS) is 22.0. The van der Waals surface area contributed by atoms with Crippen molar-refractivity contribution in [3.05, 3.63) is 11.7 Å². The fourth-order valence-electron chi connectivity index (χ4n) is 2.33. The summed E-state index contributed by atoms with van der Waals surface area (Å²) in [5.41, 5.74) is 0. The Kier molecular flexibility index (Phi) is 5.13. The molecule has 1 N–H and O–H groups in total. The van der Waals surface area contributed by atoms with Gasteiger partial charge in [-0.3, -0.25) is 0 Å². The summed E-state index contributed by atoms with van der Waals surface area (Å²) in [6.07, 6.45) is 5.49. The Morgan fingerprint density at radius 2 is 2.33 bits per heavy atom. The lowest BCUT2D eigenvalue weighted by molar-refractivity contribution is 0.0477. The molecule has 2 atom stereocenters. The molecule has 1 aromatic rings. The average Bonchev–Trinajstić information content (AvgIpc) is 2.89. The van der Waals surface area contributed by atoms with Gasteiger partial charge in [0, 0.05) is 6.61 Å². The van der Waals surface area contributed by atoms with Crippen LogP contribution in [0.3, 0.4) is 0 Å². The van der Waals surface area contributed by atoms with Crippen molar-refractivity contribution < 1.29 is 9.26 Å². The monoisotopic (exact) mass is 253 g/mol. The maximum Gasteiger partial charge on any atom is 0.243 e. The summed E-state index contributed by atoms with van der Waals surface area (Å²) in [5, 5.41) is 7.49. The predicted molar refractivity (Wildman–Crippen MR) is 68.2 cm³/mol. The van der Waals surface area contributed by atoms with Gasteiger partial charge in [-0.2, -0.15) is 4.98 Å². The number of rotatable bonds is 6. The SMILES string of the molecule is CCCC(OCC)c1noc(C2CCCCN2)n1. The van der Waals surface area contributed by atoms with E-state index in [0.717, 1.165) is 25.8 Å². The topological polar surface area (TPSA) is 60.2 Å². The molecule has 1 aliphatic rings. The maximum absolute atomic E-state index is 5.66. The molecule has 0 bridgehead atoms. The largest absolute Gasteiger partial charge is 0.370 e. The molecule has 1 aliphatic heterocycles. The lowest BCUT2D eigenvalue weighted by Gasteiger charge is -2.19. The van der Waals surface area contributed by atoms with Crippen molar-refractivity contribution in [2.75, 3.05) is 13.2 Å². The van der Waals surface area contributed by atoms with Gasteiger partial charge >= 0.3 is 0 Å². The van der Waals surface area contributed by atoms with Crippen LogP contribution in [0.25, 0.3) is 0 Å². The Bertz CT molecular complexity index is 342. The number of hydrogen-bond acceptors (Lipinski definition) is 5. The highest BCUT2D eigenvalue weighted by atomic mass is 16.5. The van der Waals surface area contributed by atoms with Crippen molar-refractivity contribution >= 4 is 0 Å². The number of nitrogens with one attached hydrogen (secondary N) is 1. The Labute approximate surface area is 108 Å². The Morgan fingerprint density at radius 3 is 3.00 bits per heavy atom. The second kappa shape index (κ2) is 6.85. The van der Waals surface area contributed by atoms with Gasteiger partial charge in [-0.25, -0.2) is 0 Å². The van der Waals surface area contributed by atoms with Crippen LogP contribution in [0.1, 0.15) is 69.8 Å². The summed E-state index contributed by atoms with van der Waals surface area (Å²) < 4.78 is 11.0.